The van der Waals surface area contributed by atoms with Crippen molar-refractivity contribution < 1.29 is 14.3 Å². The quantitative estimate of drug-likeness (QED) is 0.742. The van der Waals surface area contributed by atoms with Crippen molar-refractivity contribution >= 4 is 11.8 Å². The first kappa shape index (κ1) is 20.7. The van der Waals surface area contributed by atoms with Gasteiger partial charge in [0.05, 0.1) is 12.2 Å². The van der Waals surface area contributed by atoms with Crippen LogP contribution in [0.4, 0.5) is 0 Å². The van der Waals surface area contributed by atoms with Crippen molar-refractivity contribution in [1.82, 2.24) is 20.5 Å². The van der Waals surface area contributed by atoms with Crippen LogP contribution in [0, 0.1) is 0 Å². The van der Waals surface area contributed by atoms with Crippen LogP contribution in [0.2, 0.25) is 0 Å². The van der Waals surface area contributed by atoms with E-state index in [0.29, 0.717) is 26.1 Å². The second-order valence-corrected chi connectivity index (χ2v) is 8.26. The Morgan fingerprint density at radius 3 is 2.89 bits per heavy atom. The highest BCUT2D eigenvalue weighted by Crippen LogP contribution is 2.38. The molecule has 2 atom stereocenters. The molecule has 3 rings (SSSR count). The molecule has 1 aromatic heterocycles. The summed E-state index contributed by atoms with van der Waals surface area (Å²) >= 11 is 0. The average Bonchev–Trinajstić information content (AvgIpc) is 3.06. The van der Waals surface area contributed by atoms with Gasteiger partial charge in [-0.15, -0.1) is 0 Å². The minimum Gasteiger partial charge on any atom is -0.366 e. The summed E-state index contributed by atoms with van der Waals surface area (Å²) < 4.78 is 5.57. The molecule has 2 N–H and O–H groups in total. The van der Waals surface area contributed by atoms with Gasteiger partial charge < -0.3 is 15.4 Å². The number of aromatic nitrogens is 1. The smallest absolute Gasteiger partial charge is 0.251 e. The summed E-state index contributed by atoms with van der Waals surface area (Å²) in [4.78, 5) is 32.4. The van der Waals surface area contributed by atoms with Crippen molar-refractivity contribution in [2.45, 2.75) is 70.2 Å². The van der Waals surface area contributed by atoms with Crippen molar-refractivity contribution in [1.29, 1.82) is 0 Å². The summed E-state index contributed by atoms with van der Waals surface area (Å²) in [5.41, 5.74) is -0.566. The summed E-state index contributed by atoms with van der Waals surface area (Å²) in [7, 11) is 0. The molecule has 3 heterocycles. The van der Waals surface area contributed by atoms with Crippen LogP contribution in [0.25, 0.3) is 0 Å². The van der Waals surface area contributed by atoms with Gasteiger partial charge in [-0.1, -0.05) is 6.07 Å². The van der Waals surface area contributed by atoms with Crippen molar-refractivity contribution in [3.8, 4) is 0 Å². The van der Waals surface area contributed by atoms with E-state index in [4.69, 9.17) is 4.74 Å². The molecule has 2 fully saturated rings. The van der Waals surface area contributed by atoms with Crippen molar-refractivity contribution in [3.63, 3.8) is 0 Å². The maximum atomic E-state index is 13.2. The van der Waals surface area contributed by atoms with E-state index in [1.54, 1.807) is 20.0 Å². The van der Waals surface area contributed by atoms with Crippen molar-refractivity contribution in [2.75, 3.05) is 19.7 Å². The number of pyridine rings is 1. The van der Waals surface area contributed by atoms with Crippen LogP contribution < -0.4 is 10.6 Å². The van der Waals surface area contributed by atoms with E-state index in [2.05, 4.69) is 20.5 Å². The van der Waals surface area contributed by atoms with Gasteiger partial charge in [0.2, 0.25) is 5.91 Å². The van der Waals surface area contributed by atoms with Crippen LogP contribution in [0.1, 0.15) is 52.1 Å². The molecule has 2 aliphatic heterocycles. The fourth-order valence-corrected chi connectivity index (χ4v) is 4.40. The lowest BCUT2D eigenvalue weighted by Crippen LogP contribution is -2.57. The second kappa shape index (κ2) is 8.57. The third-order valence-electron chi connectivity index (χ3n) is 5.86. The molecular formula is C21H32N4O3. The molecule has 7 nitrogen and oxygen atoms in total. The summed E-state index contributed by atoms with van der Waals surface area (Å²) in [6.07, 6.45) is 5.30. The predicted molar refractivity (Wildman–Crippen MR) is 106 cm³/mol. The van der Waals surface area contributed by atoms with E-state index < -0.39 is 11.1 Å². The topological polar surface area (TPSA) is 83.6 Å². The van der Waals surface area contributed by atoms with Gasteiger partial charge in [-0.05, 0) is 65.1 Å². The van der Waals surface area contributed by atoms with Crippen LogP contribution in [0.5, 0.6) is 0 Å². The highest BCUT2D eigenvalue weighted by atomic mass is 16.5. The van der Waals surface area contributed by atoms with E-state index in [0.717, 1.165) is 31.5 Å². The van der Waals surface area contributed by atoms with Gasteiger partial charge in [-0.2, -0.15) is 0 Å². The largest absolute Gasteiger partial charge is 0.366 e. The number of amides is 2. The minimum atomic E-state index is -0.869. The summed E-state index contributed by atoms with van der Waals surface area (Å²) in [5, 5.41) is 6.19. The number of ether oxygens (including phenoxy) is 1. The van der Waals surface area contributed by atoms with E-state index in [-0.39, 0.29) is 17.9 Å². The molecule has 0 radical (unpaired) electrons. The molecule has 0 saturated carbocycles. The number of rotatable bonds is 7. The second-order valence-electron chi connectivity index (χ2n) is 8.26. The Hall–Kier alpha value is -1.99. The average molecular weight is 389 g/mol. The minimum absolute atomic E-state index is 0.0404. The number of piperidine rings is 1. The Labute approximate surface area is 167 Å². The number of nitrogens with one attached hydrogen (secondary N) is 2. The number of carbonyl (C=O) groups excluding carboxylic acids is 2. The lowest BCUT2D eigenvalue weighted by Gasteiger charge is -2.40. The molecular weight excluding hydrogens is 356 g/mol. The van der Waals surface area contributed by atoms with Gasteiger partial charge in [0.15, 0.2) is 0 Å². The fraction of sp³-hybridized carbons (Fsp3) is 0.667. The van der Waals surface area contributed by atoms with E-state index in [1.807, 2.05) is 25.1 Å². The normalized spacial score (nSPS) is 25.2. The molecule has 2 aliphatic rings. The Bertz CT molecular complexity index is 694. The standard InChI is InChI=1S/C21H32N4O3/c1-4-28-20(2,3)18(26)24-17-13-21(10-6-8-12-25(21)15-17)19(27)23-14-16-9-5-7-11-22-16/h5,7,9,11,17H,4,6,8,10,12-15H2,1-3H3,(H,23,27)(H,24,26)/t17-,21-/m0/s1. The zero-order chi connectivity index (χ0) is 20.2. The van der Waals surface area contributed by atoms with Gasteiger partial charge in [0, 0.05) is 25.4 Å². The molecule has 2 saturated heterocycles. The predicted octanol–water partition coefficient (Wildman–Crippen LogP) is 1.63. The van der Waals surface area contributed by atoms with Crippen LogP contribution in [-0.2, 0) is 20.9 Å². The zero-order valence-corrected chi connectivity index (χ0v) is 17.2. The van der Waals surface area contributed by atoms with Gasteiger partial charge in [-0.25, -0.2) is 0 Å². The van der Waals surface area contributed by atoms with Gasteiger partial charge >= 0.3 is 0 Å². The van der Waals surface area contributed by atoms with Crippen LogP contribution >= 0.6 is 0 Å². The Morgan fingerprint density at radius 2 is 2.18 bits per heavy atom. The first-order valence-corrected chi connectivity index (χ1v) is 10.3. The maximum Gasteiger partial charge on any atom is 0.251 e. The number of hydrogen-bond acceptors (Lipinski definition) is 5. The number of hydrogen-bond donors (Lipinski definition) is 2. The first-order valence-electron chi connectivity index (χ1n) is 10.3. The molecule has 1 aromatic rings. The van der Waals surface area contributed by atoms with Gasteiger partial charge in [0.1, 0.15) is 11.1 Å². The van der Waals surface area contributed by atoms with E-state index in [9.17, 15) is 9.59 Å². The number of carbonyl (C=O) groups is 2. The lowest BCUT2D eigenvalue weighted by atomic mass is 9.84. The summed E-state index contributed by atoms with van der Waals surface area (Å²) in [6, 6.07) is 5.64. The molecule has 154 valence electrons. The fourth-order valence-electron chi connectivity index (χ4n) is 4.40. The molecule has 28 heavy (non-hydrogen) atoms. The number of nitrogens with zero attached hydrogens (tertiary/aromatic N) is 2. The highest BCUT2D eigenvalue weighted by Gasteiger charge is 2.52. The van der Waals surface area contributed by atoms with Crippen molar-refractivity contribution in [2.24, 2.45) is 0 Å². The highest BCUT2D eigenvalue weighted by molar-refractivity contribution is 5.88. The third kappa shape index (κ3) is 4.36. The molecule has 7 heteroatoms. The first-order chi connectivity index (χ1) is 13.4. The Balaban J connectivity index is 1.66. The van der Waals surface area contributed by atoms with Gasteiger partial charge in [0.25, 0.3) is 5.91 Å². The van der Waals surface area contributed by atoms with Gasteiger partial charge in [-0.3, -0.25) is 19.5 Å². The summed E-state index contributed by atoms with van der Waals surface area (Å²) in [5.74, 6) is -0.0816. The molecule has 0 aliphatic carbocycles. The van der Waals surface area contributed by atoms with E-state index in [1.165, 1.54) is 0 Å². The molecule has 2 amide bonds. The third-order valence-corrected chi connectivity index (χ3v) is 5.86. The van der Waals surface area contributed by atoms with Crippen molar-refractivity contribution in [3.05, 3.63) is 30.1 Å². The van der Waals surface area contributed by atoms with Crippen LogP contribution in [-0.4, -0.2) is 58.6 Å². The summed E-state index contributed by atoms with van der Waals surface area (Å²) in [6.45, 7) is 7.93. The number of fused-ring (bicyclic) bond motifs is 1. The van der Waals surface area contributed by atoms with Crippen LogP contribution in [0.15, 0.2) is 24.4 Å². The van der Waals surface area contributed by atoms with E-state index >= 15 is 0 Å². The lowest BCUT2D eigenvalue weighted by molar-refractivity contribution is -0.143. The molecule has 0 spiro atoms. The monoisotopic (exact) mass is 388 g/mol. The zero-order valence-electron chi connectivity index (χ0n) is 17.2. The SMILES string of the molecule is CCOC(C)(C)C(=O)N[C@@H]1CN2CCCC[C@@]2(C(=O)NCc2ccccn2)C1. The Morgan fingerprint density at radius 1 is 1.36 bits per heavy atom. The molecule has 0 unspecified atom stereocenters. The molecule has 0 bridgehead atoms. The Kier molecular flexibility index (Phi) is 6.35. The molecule has 0 aromatic carbocycles. The van der Waals surface area contributed by atoms with Crippen LogP contribution in [0.3, 0.4) is 0 Å². The maximum absolute atomic E-state index is 13.2.